The quantitative estimate of drug-likeness (QED) is 0.401. The van der Waals surface area contributed by atoms with Gasteiger partial charge >= 0.3 is 12.1 Å². The molecular formula is C11H20ClNO4. The van der Waals surface area contributed by atoms with Gasteiger partial charge in [-0.05, 0) is 19.8 Å². The van der Waals surface area contributed by atoms with Crippen LogP contribution in [0.4, 0.5) is 4.79 Å². The molecule has 0 spiro atoms. The van der Waals surface area contributed by atoms with E-state index >= 15 is 0 Å². The van der Waals surface area contributed by atoms with Gasteiger partial charge < -0.3 is 9.47 Å². The summed E-state index contributed by atoms with van der Waals surface area (Å²) in [5.41, 5.74) is 0. The first-order valence-electron chi connectivity index (χ1n) is 5.66. The number of halogens is 1. The van der Waals surface area contributed by atoms with Crippen molar-refractivity contribution in [2.45, 2.75) is 32.7 Å². The van der Waals surface area contributed by atoms with Crippen LogP contribution in [0.5, 0.6) is 0 Å². The number of amides is 1. The molecule has 0 heterocycles. The molecule has 0 bridgehead atoms. The Labute approximate surface area is 107 Å². The van der Waals surface area contributed by atoms with Crippen molar-refractivity contribution in [1.82, 2.24) is 4.90 Å². The van der Waals surface area contributed by atoms with Gasteiger partial charge in [0.15, 0.2) is 0 Å². The van der Waals surface area contributed by atoms with Crippen molar-refractivity contribution < 1.29 is 19.1 Å². The highest BCUT2D eigenvalue weighted by Gasteiger charge is 2.24. The topological polar surface area (TPSA) is 55.8 Å². The molecule has 0 N–H and O–H groups in total. The molecule has 0 aromatic carbocycles. The van der Waals surface area contributed by atoms with E-state index in [-0.39, 0.29) is 6.61 Å². The molecule has 0 aromatic heterocycles. The van der Waals surface area contributed by atoms with E-state index in [1.165, 1.54) is 11.9 Å². The molecule has 1 atom stereocenters. The molecule has 1 unspecified atom stereocenters. The smallest absolute Gasteiger partial charge is 0.410 e. The zero-order chi connectivity index (χ0) is 13.3. The third-order valence-corrected chi connectivity index (χ3v) is 2.43. The predicted octanol–water partition coefficient (Wildman–Crippen LogP) is 2.03. The van der Waals surface area contributed by atoms with Gasteiger partial charge in [0.05, 0.1) is 13.2 Å². The highest BCUT2D eigenvalue weighted by atomic mass is 35.5. The fourth-order valence-electron chi connectivity index (χ4n) is 0.955. The molecule has 0 fully saturated rings. The summed E-state index contributed by atoms with van der Waals surface area (Å²) in [6, 6.07) is -0.648. The lowest BCUT2D eigenvalue weighted by Crippen LogP contribution is -2.41. The Bertz CT molecular complexity index is 248. The van der Waals surface area contributed by atoms with E-state index < -0.39 is 18.1 Å². The molecule has 100 valence electrons. The molecule has 0 radical (unpaired) electrons. The summed E-state index contributed by atoms with van der Waals surface area (Å²) in [6.45, 7) is 4.12. The Balaban J connectivity index is 4.05. The van der Waals surface area contributed by atoms with E-state index in [9.17, 15) is 9.59 Å². The number of esters is 1. The molecule has 0 saturated heterocycles. The van der Waals surface area contributed by atoms with Gasteiger partial charge in [-0.1, -0.05) is 6.92 Å². The first-order valence-corrected chi connectivity index (χ1v) is 6.20. The highest BCUT2D eigenvalue weighted by Crippen LogP contribution is 2.02. The zero-order valence-electron chi connectivity index (χ0n) is 10.6. The van der Waals surface area contributed by atoms with Crippen LogP contribution < -0.4 is 0 Å². The van der Waals surface area contributed by atoms with E-state index in [0.717, 1.165) is 6.42 Å². The van der Waals surface area contributed by atoms with E-state index in [0.29, 0.717) is 18.9 Å². The minimum absolute atomic E-state index is 0.253. The van der Waals surface area contributed by atoms with Gasteiger partial charge in [-0.15, -0.1) is 11.6 Å². The summed E-state index contributed by atoms with van der Waals surface area (Å²) in [4.78, 5) is 24.2. The first-order chi connectivity index (χ1) is 8.04. The molecule has 0 aromatic rings. The van der Waals surface area contributed by atoms with Gasteiger partial charge in [0, 0.05) is 12.9 Å². The number of alkyl halides is 1. The summed E-state index contributed by atoms with van der Waals surface area (Å²) >= 11 is 5.46. The number of rotatable bonds is 7. The van der Waals surface area contributed by atoms with Crippen molar-refractivity contribution in [2.24, 2.45) is 0 Å². The molecule has 6 heteroatoms. The van der Waals surface area contributed by atoms with Crippen LogP contribution in [0.3, 0.4) is 0 Å². The molecule has 0 aliphatic carbocycles. The third-order valence-electron chi connectivity index (χ3n) is 2.16. The average Bonchev–Trinajstić information content (AvgIpc) is 2.34. The second-order valence-electron chi connectivity index (χ2n) is 3.61. The van der Waals surface area contributed by atoms with E-state index in [1.54, 1.807) is 6.92 Å². The van der Waals surface area contributed by atoms with Crippen LogP contribution in [0.15, 0.2) is 0 Å². The van der Waals surface area contributed by atoms with Crippen LogP contribution in [0.2, 0.25) is 0 Å². The average molecular weight is 266 g/mol. The Morgan fingerprint density at radius 1 is 1.29 bits per heavy atom. The Kier molecular flexibility index (Phi) is 8.58. The number of nitrogens with zero attached hydrogens (tertiary/aromatic N) is 1. The molecule has 1 amide bonds. The Morgan fingerprint density at radius 3 is 2.47 bits per heavy atom. The van der Waals surface area contributed by atoms with Crippen molar-refractivity contribution in [3.8, 4) is 0 Å². The van der Waals surface area contributed by atoms with E-state index in [1.807, 2.05) is 6.92 Å². The lowest BCUT2D eigenvalue weighted by Gasteiger charge is -2.22. The fraction of sp³-hybridized carbons (Fsp3) is 0.818. The van der Waals surface area contributed by atoms with Crippen molar-refractivity contribution >= 4 is 23.7 Å². The van der Waals surface area contributed by atoms with Gasteiger partial charge in [-0.25, -0.2) is 9.59 Å². The summed E-state index contributed by atoms with van der Waals surface area (Å²) in [6.07, 6.45) is 0.800. The Hall–Kier alpha value is -0.970. The number of carbonyl (C=O) groups excluding carboxylic acids is 2. The Morgan fingerprint density at radius 2 is 1.94 bits per heavy atom. The summed E-state index contributed by atoms with van der Waals surface area (Å²) < 4.78 is 9.86. The largest absolute Gasteiger partial charge is 0.464 e. The van der Waals surface area contributed by atoms with Crippen molar-refractivity contribution in [1.29, 1.82) is 0 Å². The van der Waals surface area contributed by atoms with Gasteiger partial charge in [0.2, 0.25) is 0 Å². The summed E-state index contributed by atoms with van der Waals surface area (Å²) in [5.74, 6) is 0.00842. The van der Waals surface area contributed by atoms with Gasteiger partial charge in [-0.3, -0.25) is 4.90 Å². The number of hydrogen-bond acceptors (Lipinski definition) is 4. The number of hydrogen-bond donors (Lipinski definition) is 0. The second-order valence-corrected chi connectivity index (χ2v) is 3.99. The lowest BCUT2D eigenvalue weighted by molar-refractivity contribution is -0.148. The number of likely N-dealkylation sites (N-methyl/N-ethyl adjacent to an activating group) is 1. The minimum atomic E-state index is -0.648. The van der Waals surface area contributed by atoms with Crippen LogP contribution in [0, 0.1) is 0 Å². The first kappa shape index (κ1) is 16.0. The van der Waals surface area contributed by atoms with Gasteiger partial charge in [0.25, 0.3) is 0 Å². The van der Waals surface area contributed by atoms with Gasteiger partial charge in [0.1, 0.15) is 6.04 Å². The van der Waals surface area contributed by atoms with Gasteiger partial charge in [-0.2, -0.15) is 0 Å². The van der Waals surface area contributed by atoms with E-state index in [4.69, 9.17) is 21.1 Å². The normalized spacial score (nSPS) is 11.8. The maximum atomic E-state index is 11.5. The highest BCUT2D eigenvalue weighted by molar-refractivity contribution is 6.17. The maximum absolute atomic E-state index is 11.5. The number of carbonyl (C=O) groups is 2. The molecular weight excluding hydrogens is 246 g/mol. The lowest BCUT2D eigenvalue weighted by atomic mass is 10.3. The predicted molar refractivity (Wildman–Crippen MR) is 65.2 cm³/mol. The summed E-state index contributed by atoms with van der Waals surface area (Å²) in [5, 5.41) is 0. The molecule has 5 nitrogen and oxygen atoms in total. The monoisotopic (exact) mass is 265 g/mol. The van der Waals surface area contributed by atoms with Crippen LogP contribution in [-0.4, -0.2) is 49.1 Å². The third kappa shape index (κ3) is 6.36. The molecule has 0 aliphatic rings. The molecule has 0 saturated carbocycles. The second kappa shape index (κ2) is 9.10. The molecule has 17 heavy (non-hydrogen) atoms. The van der Waals surface area contributed by atoms with Crippen LogP contribution in [-0.2, 0) is 14.3 Å². The maximum Gasteiger partial charge on any atom is 0.410 e. The SMILES string of the molecule is CCCOC(=O)C(C)N(C)C(=O)OCCCCl. The standard InChI is InChI=1S/C11H20ClNO4/c1-4-7-16-10(14)9(2)13(3)11(15)17-8-5-6-12/h9H,4-8H2,1-3H3. The molecule has 0 aliphatic heterocycles. The summed E-state index contributed by atoms with van der Waals surface area (Å²) in [7, 11) is 1.50. The van der Waals surface area contributed by atoms with Crippen LogP contribution >= 0.6 is 11.6 Å². The minimum Gasteiger partial charge on any atom is -0.464 e. The van der Waals surface area contributed by atoms with Crippen molar-refractivity contribution in [2.75, 3.05) is 26.1 Å². The van der Waals surface area contributed by atoms with E-state index in [2.05, 4.69) is 0 Å². The van der Waals surface area contributed by atoms with Crippen LogP contribution in [0.25, 0.3) is 0 Å². The molecule has 0 rings (SSSR count). The fourth-order valence-corrected chi connectivity index (χ4v) is 1.06. The van der Waals surface area contributed by atoms with Crippen LogP contribution in [0.1, 0.15) is 26.7 Å². The van der Waals surface area contributed by atoms with Crippen molar-refractivity contribution in [3.05, 3.63) is 0 Å². The number of ether oxygens (including phenoxy) is 2. The zero-order valence-corrected chi connectivity index (χ0v) is 11.3. The van der Waals surface area contributed by atoms with Crippen molar-refractivity contribution in [3.63, 3.8) is 0 Å².